The lowest BCUT2D eigenvalue weighted by atomic mass is 9.93. The molecule has 1 aromatic rings. The molecule has 1 N–H and O–H groups in total. The second-order valence-corrected chi connectivity index (χ2v) is 5.12. The van der Waals surface area contributed by atoms with Crippen LogP contribution in [-0.4, -0.2) is 39.1 Å². The summed E-state index contributed by atoms with van der Waals surface area (Å²) >= 11 is 0. The summed E-state index contributed by atoms with van der Waals surface area (Å²) in [5.41, 5.74) is 0.280. The van der Waals surface area contributed by atoms with Crippen molar-refractivity contribution < 1.29 is 26.9 Å². The highest BCUT2D eigenvalue weighted by atomic mass is 32.2. The summed E-state index contributed by atoms with van der Waals surface area (Å²) < 4.78 is 47.4. The highest BCUT2D eigenvalue weighted by molar-refractivity contribution is 7.85. The van der Waals surface area contributed by atoms with Crippen molar-refractivity contribution in [2.24, 2.45) is 0 Å². The number of halogens is 1. The first kappa shape index (κ1) is 14.7. The van der Waals surface area contributed by atoms with Crippen molar-refractivity contribution in [2.75, 3.05) is 12.4 Å². The lowest BCUT2D eigenvalue weighted by Crippen LogP contribution is -2.17. The Bertz CT molecular complexity index is 543. The van der Waals surface area contributed by atoms with Crippen LogP contribution >= 0.6 is 0 Å². The van der Waals surface area contributed by atoms with Crippen molar-refractivity contribution in [3.05, 3.63) is 35.1 Å². The molecule has 0 radical (unpaired) electrons. The highest BCUT2D eigenvalue weighted by Crippen LogP contribution is 2.14. The standard InChI is InChI=1S/C10H12BFO5S/c11-6-7-2-1-3-8(12)9(7)10(13)17-4-5-18(14,15)16/h1-3H,4-6,11H2,(H,14,15,16). The number of hydrogen-bond acceptors (Lipinski definition) is 4. The Balaban J connectivity index is 2.79. The molecule has 0 aromatic heterocycles. The molecule has 0 saturated carbocycles. The van der Waals surface area contributed by atoms with Gasteiger partial charge in [0.15, 0.2) is 0 Å². The third-order valence-corrected chi connectivity index (χ3v) is 2.94. The van der Waals surface area contributed by atoms with E-state index in [2.05, 4.69) is 4.74 Å². The maximum atomic E-state index is 13.5. The van der Waals surface area contributed by atoms with Gasteiger partial charge in [-0.05, 0) is 11.6 Å². The molecule has 98 valence electrons. The summed E-state index contributed by atoms with van der Waals surface area (Å²) in [6.45, 7) is -0.519. The van der Waals surface area contributed by atoms with Gasteiger partial charge in [0, 0.05) is 0 Å². The van der Waals surface area contributed by atoms with Crippen LogP contribution in [0.4, 0.5) is 4.39 Å². The van der Waals surface area contributed by atoms with Crippen molar-refractivity contribution in [2.45, 2.75) is 6.32 Å². The van der Waals surface area contributed by atoms with Crippen LogP contribution in [0.25, 0.3) is 0 Å². The second kappa shape index (κ2) is 5.97. The molecule has 5 nitrogen and oxygen atoms in total. The molecule has 0 fully saturated rings. The number of ether oxygens (including phenoxy) is 1. The Kier molecular flexibility index (Phi) is 4.86. The van der Waals surface area contributed by atoms with Gasteiger partial charge in [0.05, 0.1) is 5.56 Å². The molecule has 18 heavy (non-hydrogen) atoms. The summed E-state index contributed by atoms with van der Waals surface area (Å²) in [6.07, 6.45) is 0.445. The number of hydrogen-bond donors (Lipinski definition) is 1. The van der Waals surface area contributed by atoms with Gasteiger partial charge in [-0.3, -0.25) is 4.55 Å². The molecule has 0 aliphatic heterocycles. The fourth-order valence-electron chi connectivity index (χ4n) is 1.40. The summed E-state index contributed by atoms with van der Waals surface area (Å²) in [7, 11) is -2.45. The van der Waals surface area contributed by atoms with Gasteiger partial charge in [-0.2, -0.15) is 8.42 Å². The quantitative estimate of drug-likeness (QED) is 0.464. The summed E-state index contributed by atoms with van der Waals surface area (Å²) in [5.74, 6) is -2.37. The predicted octanol–water partition coefficient (Wildman–Crippen LogP) is 0.00340. The van der Waals surface area contributed by atoms with Crippen molar-refractivity contribution >= 4 is 23.9 Å². The van der Waals surface area contributed by atoms with Gasteiger partial charge >= 0.3 is 5.97 Å². The molecule has 0 atom stereocenters. The zero-order valence-electron chi connectivity index (χ0n) is 9.72. The molecule has 0 unspecified atom stereocenters. The van der Waals surface area contributed by atoms with E-state index in [0.29, 0.717) is 11.9 Å². The molecule has 0 aliphatic carbocycles. The van der Waals surface area contributed by atoms with Crippen LogP contribution in [0, 0.1) is 5.82 Å². The average Bonchev–Trinajstić information content (AvgIpc) is 2.26. The van der Waals surface area contributed by atoms with E-state index in [1.165, 1.54) is 6.07 Å². The van der Waals surface area contributed by atoms with Crippen LogP contribution in [0.1, 0.15) is 15.9 Å². The van der Waals surface area contributed by atoms with E-state index in [-0.39, 0.29) is 5.56 Å². The fourth-order valence-corrected chi connectivity index (χ4v) is 1.70. The van der Waals surface area contributed by atoms with Gasteiger partial charge in [0.1, 0.15) is 26.0 Å². The van der Waals surface area contributed by atoms with E-state index >= 15 is 0 Å². The normalized spacial score (nSPS) is 11.2. The van der Waals surface area contributed by atoms with Gasteiger partial charge in [0.25, 0.3) is 10.1 Å². The smallest absolute Gasteiger partial charge is 0.341 e. The Hall–Kier alpha value is -1.41. The topological polar surface area (TPSA) is 80.7 Å². The van der Waals surface area contributed by atoms with Crippen LogP contribution in [0.2, 0.25) is 0 Å². The van der Waals surface area contributed by atoms with Crippen molar-refractivity contribution in [1.29, 1.82) is 0 Å². The van der Waals surface area contributed by atoms with E-state index in [0.717, 1.165) is 6.07 Å². The van der Waals surface area contributed by atoms with Crippen molar-refractivity contribution in [3.8, 4) is 0 Å². The number of esters is 1. The monoisotopic (exact) mass is 274 g/mol. The SMILES string of the molecule is BCc1cccc(F)c1C(=O)OCCS(=O)(=O)O. The minimum atomic E-state index is -4.20. The Morgan fingerprint density at radius 1 is 1.44 bits per heavy atom. The Morgan fingerprint density at radius 3 is 2.67 bits per heavy atom. The van der Waals surface area contributed by atoms with Gasteiger partial charge in [-0.1, -0.05) is 18.5 Å². The third kappa shape index (κ3) is 4.12. The molecule has 0 spiro atoms. The average molecular weight is 274 g/mol. The lowest BCUT2D eigenvalue weighted by molar-refractivity contribution is 0.0522. The molecule has 8 heteroatoms. The van der Waals surface area contributed by atoms with Crippen LogP contribution in [0.5, 0.6) is 0 Å². The number of carbonyl (C=O) groups excluding carboxylic acids is 1. The molecule has 0 saturated heterocycles. The Labute approximate surface area is 105 Å². The van der Waals surface area contributed by atoms with Crippen LogP contribution in [0.15, 0.2) is 18.2 Å². The first-order valence-corrected chi connectivity index (χ1v) is 6.85. The molecule has 1 aromatic carbocycles. The van der Waals surface area contributed by atoms with Crippen molar-refractivity contribution in [1.82, 2.24) is 0 Å². The molecule has 0 amide bonds. The fraction of sp³-hybridized carbons (Fsp3) is 0.300. The summed E-state index contributed by atoms with van der Waals surface area (Å²) in [4.78, 5) is 11.6. The number of rotatable bonds is 5. The molecule has 0 heterocycles. The largest absolute Gasteiger partial charge is 0.461 e. The van der Waals surface area contributed by atoms with Gasteiger partial charge in [-0.15, -0.1) is 0 Å². The number of carbonyl (C=O) groups is 1. The third-order valence-electron chi connectivity index (χ3n) is 2.26. The second-order valence-electron chi connectivity index (χ2n) is 3.55. The first-order valence-electron chi connectivity index (χ1n) is 5.25. The minimum Gasteiger partial charge on any atom is -0.461 e. The maximum Gasteiger partial charge on any atom is 0.341 e. The molecule has 1 rings (SSSR count). The predicted molar refractivity (Wildman–Crippen MR) is 65.3 cm³/mol. The van der Waals surface area contributed by atoms with E-state index in [1.807, 2.05) is 0 Å². The summed E-state index contributed by atoms with van der Waals surface area (Å²) in [5, 5.41) is 0. The van der Waals surface area contributed by atoms with E-state index in [1.54, 1.807) is 13.9 Å². The van der Waals surface area contributed by atoms with Crippen LogP contribution in [-0.2, 0) is 21.2 Å². The highest BCUT2D eigenvalue weighted by Gasteiger charge is 2.17. The van der Waals surface area contributed by atoms with Crippen molar-refractivity contribution in [3.63, 3.8) is 0 Å². The van der Waals surface area contributed by atoms with E-state index in [4.69, 9.17) is 4.55 Å². The molecular weight excluding hydrogens is 262 g/mol. The minimum absolute atomic E-state index is 0.199. The van der Waals surface area contributed by atoms with Crippen LogP contribution in [0.3, 0.4) is 0 Å². The number of benzene rings is 1. The lowest BCUT2D eigenvalue weighted by Gasteiger charge is -2.08. The molecular formula is C10H12BFO5S. The van der Waals surface area contributed by atoms with Gasteiger partial charge in [-0.25, -0.2) is 9.18 Å². The van der Waals surface area contributed by atoms with E-state index < -0.39 is 34.3 Å². The maximum absolute atomic E-state index is 13.5. The van der Waals surface area contributed by atoms with Crippen LogP contribution < -0.4 is 0 Å². The first-order chi connectivity index (χ1) is 8.35. The Morgan fingerprint density at radius 2 is 2.11 bits per heavy atom. The summed E-state index contributed by atoms with van der Waals surface area (Å²) in [6, 6.07) is 4.18. The van der Waals surface area contributed by atoms with E-state index in [9.17, 15) is 17.6 Å². The molecule has 0 bridgehead atoms. The van der Waals surface area contributed by atoms with Gasteiger partial charge < -0.3 is 4.74 Å². The molecule has 0 aliphatic rings. The zero-order chi connectivity index (χ0) is 13.8. The van der Waals surface area contributed by atoms with Gasteiger partial charge in [0.2, 0.25) is 0 Å². The zero-order valence-corrected chi connectivity index (χ0v) is 10.5.